The first-order valence-electron chi connectivity index (χ1n) is 10.1. The molecule has 1 fully saturated rings. The molecule has 1 aliphatic heterocycles. The summed E-state index contributed by atoms with van der Waals surface area (Å²) in [6.07, 6.45) is 4.27. The molecule has 32 heavy (non-hydrogen) atoms. The Morgan fingerprint density at radius 1 is 1.12 bits per heavy atom. The summed E-state index contributed by atoms with van der Waals surface area (Å²) in [5, 5.41) is 3.92. The van der Waals surface area contributed by atoms with Gasteiger partial charge in [-0.05, 0) is 42.8 Å². The maximum Gasteiger partial charge on any atom is 0.338 e. The number of hydrogen-bond donors (Lipinski definition) is 0. The molecule has 0 radical (unpaired) electrons. The molecular weight excluding hydrogens is 436 g/mol. The zero-order valence-corrected chi connectivity index (χ0v) is 18.0. The molecule has 2 aromatic heterocycles. The molecule has 0 saturated carbocycles. The van der Waals surface area contributed by atoms with Crippen LogP contribution in [0.4, 0.5) is 0 Å². The lowest BCUT2D eigenvalue weighted by Crippen LogP contribution is -2.40. The Kier molecular flexibility index (Phi) is 6.88. The monoisotopic (exact) mass is 458 g/mol. The van der Waals surface area contributed by atoms with Gasteiger partial charge in [0.2, 0.25) is 21.7 Å². The second-order valence-electron chi connectivity index (χ2n) is 7.03. The van der Waals surface area contributed by atoms with Gasteiger partial charge in [0.05, 0.1) is 30.3 Å². The fourth-order valence-electron chi connectivity index (χ4n) is 3.14. The van der Waals surface area contributed by atoms with E-state index in [1.54, 1.807) is 18.5 Å². The Balaban J connectivity index is 1.26. The van der Waals surface area contributed by atoms with E-state index < -0.39 is 16.0 Å². The van der Waals surface area contributed by atoms with E-state index in [1.165, 1.54) is 28.6 Å². The molecule has 0 amide bonds. The SMILES string of the molecule is O=C(OCCCc1nc(-c2cccnc2)no1)c1ccc(S(=O)(=O)N2CCOCC2)cc1. The van der Waals surface area contributed by atoms with Gasteiger partial charge in [-0.15, -0.1) is 0 Å². The van der Waals surface area contributed by atoms with Gasteiger partial charge in [0.25, 0.3) is 0 Å². The highest BCUT2D eigenvalue weighted by atomic mass is 32.2. The van der Waals surface area contributed by atoms with Crippen LogP contribution >= 0.6 is 0 Å². The molecule has 3 aromatic rings. The summed E-state index contributed by atoms with van der Waals surface area (Å²) < 4.78 is 42.3. The predicted molar refractivity (Wildman–Crippen MR) is 112 cm³/mol. The Morgan fingerprint density at radius 3 is 2.62 bits per heavy atom. The number of rotatable bonds is 8. The van der Waals surface area contributed by atoms with Crippen molar-refractivity contribution < 1.29 is 27.2 Å². The Labute approximate surface area is 185 Å². The van der Waals surface area contributed by atoms with Crippen LogP contribution in [0.3, 0.4) is 0 Å². The van der Waals surface area contributed by atoms with Crippen LogP contribution in [0.1, 0.15) is 22.7 Å². The van der Waals surface area contributed by atoms with Gasteiger partial charge in [-0.25, -0.2) is 13.2 Å². The van der Waals surface area contributed by atoms with Gasteiger partial charge >= 0.3 is 5.97 Å². The van der Waals surface area contributed by atoms with Crippen molar-refractivity contribution in [3.8, 4) is 11.4 Å². The molecule has 1 saturated heterocycles. The standard InChI is InChI=1S/C21H22N4O6S/c26-21(16-5-7-18(8-6-16)32(27,28)25-10-13-29-14-11-25)30-12-2-4-19-23-20(24-31-19)17-3-1-9-22-15-17/h1,3,5-9,15H,2,4,10-14H2. The normalized spacial score (nSPS) is 14.9. The molecular formula is C21H22N4O6S. The minimum atomic E-state index is -3.60. The minimum Gasteiger partial charge on any atom is -0.462 e. The van der Waals surface area contributed by atoms with E-state index in [-0.39, 0.29) is 17.1 Å². The molecule has 168 valence electrons. The second kappa shape index (κ2) is 9.98. The van der Waals surface area contributed by atoms with Gasteiger partial charge in [0.15, 0.2) is 0 Å². The molecule has 1 aliphatic rings. The summed E-state index contributed by atoms with van der Waals surface area (Å²) >= 11 is 0. The van der Waals surface area contributed by atoms with Crippen LogP contribution < -0.4 is 0 Å². The van der Waals surface area contributed by atoms with Gasteiger partial charge < -0.3 is 14.0 Å². The number of sulfonamides is 1. The third-order valence-electron chi connectivity index (χ3n) is 4.85. The zero-order valence-electron chi connectivity index (χ0n) is 17.2. The molecule has 0 atom stereocenters. The number of carbonyl (C=O) groups excluding carboxylic acids is 1. The Morgan fingerprint density at radius 2 is 1.91 bits per heavy atom. The third-order valence-corrected chi connectivity index (χ3v) is 6.77. The number of aromatic nitrogens is 3. The number of pyridine rings is 1. The lowest BCUT2D eigenvalue weighted by Gasteiger charge is -2.26. The van der Waals surface area contributed by atoms with Crippen molar-refractivity contribution in [2.24, 2.45) is 0 Å². The first kappa shape index (κ1) is 22.1. The lowest BCUT2D eigenvalue weighted by molar-refractivity contribution is 0.0498. The number of hydrogen-bond acceptors (Lipinski definition) is 9. The van der Waals surface area contributed by atoms with E-state index in [9.17, 15) is 13.2 Å². The number of nitrogens with zero attached hydrogens (tertiary/aromatic N) is 4. The average molecular weight is 458 g/mol. The fourth-order valence-corrected chi connectivity index (χ4v) is 4.55. The van der Waals surface area contributed by atoms with E-state index in [2.05, 4.69) is 15.1 Å². The van der Waals surface area contributed by atoms with Gasteiger partial charge in [-0.1, -0.05) is 5.16 Å². The predicted octanol–water partition coefficient (Wildman–Crippen LogP) is 1.94. The molecule has 1 aromatic carbocycles. The van der Waals surface area contributed by atoms with Crippen molar-refractivity contribution in [2.45, 2.75) is 17.7 Å². The van der Waals surface area contributed by atoms with Crippen LogP contribution in [0.2, 0.25) is 0 Å². The van der Waals surface area contributed by atoms with Crippen LogP contribution in [0, 0.1) is 0 Å². The summed E-state index contributed by atoms with van der Waals surface area (Å²) in [6.45, 7) is 1.54. The van der Waals surface area contributed by atoms with Gasteiger partial charge in [0, 0.05) is 37.5 Å². The van der Waals surface area contributed by atoms with Crippen LogP contribution in [0.5, 0.6) is 0 Å². The van der Waals surface area contributed by atoms with E-state index in [0.717, 1.165) is 5.56 Å². The summed E-state index contributed by atoms with van der Waals surface area (Å²) in [5.41, 5.74) is 1.04. The van der Waals surface area contributed by atoms with Crippen LogP contribution in [-0.4, -0.2) is 66.7 Å². The smallest absolute Gasteiger partial charge is 0.338 e. The molecule has 3 heterocycles. The summed E-state index contributed by atoms with van der Waals surface area (Å²) in [7, 11) is -3.60. The number of aryl methyl sites for hydroxylation is 1. The van der Waals surface area contributed by atoms with E-state index >= 15 is 0 Å². The highest BCUT2D eigenvalue weighted by Gasteiger charge is 2.26. The van der Waals surface area contributed by atoms with Crippen LogP contribution in [0.25, 0.3) is 11.4 Å². The second-order valence-corrected chi connectivity index (χ2v) is 8.97. The highest BCUT2D eigenvalue weighted by Crippen LogP contribution is 2.18. The molecule has 0 spiro atoms. The summed E-state index contributed by atoms with van der Waals surface area (Å²) in [6, 6.07) is 9.36. The van der Waals surface area contributed by atoms with Gasteiger partial charge in [-0.2, -0.15) is 9.29 Å². The number of benzene rings is 1. The van der Waals surface area contributed by atoms with Crippen molar-refractivity contribution in [2.75, 3.05) is 32.9 Å². The molecule has 11 heteroatoms. The molecule has 0 N–H and O–H groups in total. The highest BCUT2D eigenvalue weighted by molar-refractivity contribution is 7.89. The van der Waals surface area contributed by atoms with E-state index in [4.69, 9.17) is 14.0 Å². The largest absolute Gasteiger partial charge is 0.462 e. The van der Waals surface area contributed by atoms with Crippen molar-refractivity contribution in [3.05, 3.63) is 60.2 Å². The number of ether oxygens (including phenoxy) is 2. The first-order chi connectivity index (χ1) is 15.5. The lowest BCUT2D eigenvalue weighted by atomic mass is 10.2. The van der Waals surface area contributed by atoms with Crippen LogP contribution in [-0.2, 0) is 25.9 Å². The Bertz CT molecular complexity index is 1140. The maximum atomic E-state index is 12.6. The van der Waals surface area contributed by atoms with Gasteiger partial charge in [-0.3, -0.25) is 4.98 Å². The van der Waals surface area contributed by atoms with Crippen molar-refractivity contribution >= 4 is 16.0 Å². The molecule has 10 nitrogen and oxygen atoms in total. The van der Waals surface area contributed by atoms with Crippen molar-refractivity contribution in [1.82, 2.24) is 19.4 Å². The molecule has 4 rings (SSSR count). The van der Waals surface area contributed by atoms with Gasteiger partial charge in [0.1, 0.15) is 0 Å². The van der Waals surface area contributed by atoms with E-state index in [0.29, 0.717) is 50.9 Å². The molecule has 0 bridgehead atoms. The third kappa shape index (κ3) is 5.18. The number of esters is 1. The van der Waals surface area contributed by atoms with E-state index in [1.807, 2.05) is 6.07 Å². The summed E-state index contributed by atoms with van der Waals surface area (Å²) in [4.78, 5) is 20.7. The number of morpholine rings is 1. The molecule has 0 aliphatic carbocycles. The van der Waals surface area contributed by atoms with Crippen molar-refractivity contribution in [3.63, 3.8) is 0 Å². The van der Waals surface area contributed by atoms with Crippen LogP contribution in [0.15, 0.2) is 58.2 Å². The molecule has 0 unspecified atom stereocenters. The zero-order chi connectivity index (χ0) is 22.4. The quantitative estimate of drug-likeness (QED) is 0.368. The van der Waals surface area contributed by atoms with Crippen molar-refractivity contribution in [1.29, 1.82) is 0 Å². The average Bonchev–Trinajstić information content (AvgIpc) is 3.32. The minimum absolute atomic E-state index is 0.136. The topological polar surface area (TPSA) is 125 Å². The number of carbonyl (C=O) groups is 1. The summed E-state index contributed by atoms with van der Waals surface area (Å²) in [5.74, 6) is 0.372. The Hall–Kier alpha value is -3.15. The fraction of sp³-hybridized carbons (Fsp3) is 0.333. The maximum absolute atomic E-state index is 12.6. The first-order valence-corrected chi connectivity index (χ1v) is 11.6.